The number of aromatic nitrogens is 1. The molecule has 1 aromatic heterocycles. The van der Waals surface area contributed by atoms with Crippen LogP contribution in [0.15, 0.2) is 31.0 Å². The van der Waals surface area contributed by atoms with Crippen LogP contribution in [-0.4, -0.2) is 53.4 Å². The number of hydrogen-bond donors (Lipinski definition) is 1. The van der Waals surface area contributed by atoms with Gasteiger partial charge in [0, 0.05) is 49.9 Å². The van der Waals surface area contributed by atoms with Crippen molar-refractivity contribution in [3.63, 3.8) is 0 Å². The smallest absolute Gasteiger partial charge is 0.222 e. The van der Waals surface area contributed by atoms with E-state index in [1.165, 1.54) is 6.42 Å². The molecule has 2 saturated heterocycles. The lowest BCUT2D eigenvalue weighted by atomic mass is 9.79. The summed E-state index contributed by atoms with van der Waals surface area (Å²) < 4.78 is 0. The number of hydrogen-bond acceptors (Lipinski definition) is 2. The van der Waals surface area contributed by atoms with Crippen molar-refractivity contribution in [2.45, 2.75) is 19.3 Å². The quantitative estimate of drug-likeness (QED) is 0.829. The summed E-state index contributed by atoms with van der Waals surface area (Å²) in [4.78, 5) is 19.8. The molecule has 0 bridgehead atoms. The molecule has 0 saturated carbocycles. The van der Waals surface area contributed by atoms with Gasteiger partial charge in [-0.2, -0.15) is 0 Å². The van der Waals surface area contributed by atoms with E-state index < -0.39 is 0 Å². The van der Waals surface area contributed by atoms with Crippen LogP contribution in [0.3, 0.4) is 0 Å². The molecule has 1 aromatic rings. The van der Waals surface area contributed by atoms with Crippen molar-refractivity contribution in [1.29, 1.82) is 0 Å². The van der Waals surface area contributed by atoms with Crippen LogP contribution < -0.4 is 0 Å². The molecular weight excluding hydrogens is 250 g/mol. The molecule has 3 rings (SSSR count). The predicted molar refractivity (Wildman–Crippen MR) is 79.4 cm³/mol. The highest BCUT2D eigenvalue weighted by Crippen LogP contribution is 2.39. The Morgan fingerprint density at radius 3 is 3.00 bits per heavy atom. The molecule has 3 heterocycles. The fraction of sp³-hybridized carbons (Fsp3) is 0.562. The maximum atomic E-state index is 12.2. The molecule has 2 aliphatic heterocycles. The predicted octanol–water partition coefficient (Wildman–Crippen LogP) is 1.67. The monoisotopic (exact) mass is 273 g/mol. The number of H-pyrrole nitrogens is 1. The second-order valence-electron chi connectivity index (χ2n) is 6.22. The average molecular weight is 273 g/mol. The Kier molecular flexibility index (Phi) is 3.66. The van der Waals surface area contributed by atoms with Gasteiger partial charge >= 0.3 is 0 Å². The van der Waals surface area contributed by atoms with Crippen LogP contribution in [0.2, 0.25) is 0 Å². The number of nitrogens with one attached hydrogen (secondary N) is 1. The molecule has 2 fully saturated rings. The van der Waals surface area contributed by atoms with Crippen molar-refractivity contribution in [2.75, 3.05) is 32.7 Å². The minimum atomic E-state index is 0.299. The summed E-state index contributed by atoms with van der Waals surface area (Å²) in [5.41, 5.74) is 1.53. The number of likely N-dealkylation sites (tertiary alicyclic amines) is 2. The average Bonchev–Trinajstić information content (AvgIpc) is 3.03. The standard InChI is InChI=1S/C16H23N3O/c1-2-9-18-10-7-16(11-18)12-19(13-16)15(20)6-5-14-4-3-8-17-14/h2-4,8,17H,1,5-7,9-13H2. The summed E-state index contributed by atoms with van der Waals surface area (Å²) in [7, 11) is 0. The van der Waals surface area contributed by atoms with E-state index in [4.69, 9.17) is 0 Å². The van der Waals surface area contributed by atoms with Crippen LogP contribution in [-0.2, 0) is 11.2 Å². The number of carbonyl (C=O) groups excluding carboxylic acids is 1. The van der Waals surface area contributed by atoms with Crippen molar-refractivity contribution in [3.05, 3.63) is 36.7 Å². The first-order chi connectivity index (χ1) is 9.71. The Labute approximate surface area is 120 Å². The number of carbonyl (C=O) groups is 1. The third-order valence-electron chi connectivity index (χ3n) is 4.58. The van der Waals surface area contributed by atoms with Gasteiger partial charge in [-0.3, -0.25) is 9.69 Å². The number of rotatable bonds is 5. The Bertz CT molecular complexity index is 474. The molecule has 0 radical (unpaired) electrons. The van der Waals surface area contributed by atoms with Gasteiger partial charge in [0.1, 0.15) is 0 Å². The number of aromatic amines is 1. The SMILES string of the molecule is C=CCN1CCC2(C1)CN(C(=O)CCc1ccc[nH]1)C2. The van der Waals surface area contributed by atoms with Gasteiger partial charge < -0.3 is 9.88 Å². The van der Waals surface area contributed by atoms with Crippen LogP contribution in [0.25, 0.3) is 0 Å². The molecule has 4 nitrogen and oxygen atoms in total. The van der Waals surface area contributed by atoms with E-state index in [-0.39, 0.29) is 0 Å². The summed E-state index contributed by atoms with van der Waals surface area (Å²) in [5.74, 6) is 0.299. The number of amides is 1. The Balaban J connectivity index is 1.43. The zero-order valence-corrected chi connectivity index (χ0v) is 12.0. The highest BCUT2D eigenvalue weighted by molar-refractivity contribution is 5.77. The fourth-order valence-corrected chi connectivity index (χ4v) is 3.49. The fourth-order valence-electron chi connectivity index (χ4n) is 3.49. The van der Waals surface area contributed by atoms with Gasteiger partial charge in [-0.15, -0.1) is 6.58 Å². The second kappa shape index (κ2) is 5.44. The van der Waals surface area contributed by atoms with Gasteiger partial charge in [0.2, 0.25) is 5.91 Å². The van der Waals surface area contributed by atoms with Crippen molar-refractivity contribution < 1.29 is 4.79 Å². The molecule has 0 aliphatic carbocycles. The molecule has 0 aromatic carbocycles. The van der Waals surface area contributed by atoms with Gasteiger partial charge in [0.15, 0.2) is 0 Å². The van der Waals surface area contributed by atoms with Gasteiger partial charge in [-0.05, 0) is 31.5 Å². The molecule has 1 N–H and O–H groups in total. The third-order valence-corrected chi connectivity index (χ3v) is 4.58. The first-order valence-electron chi connectivity index (χ1n) is 7.44. The van der Waals surface area contributed by atoms with Crippen LogP contribution in [0.4, 0.5) is 0 Å². The van der Waals surface area contributed by atoms with Gasteiger partial charge in [0.05, 0.1) is 0 Å². The molecule has 108 valence electrons. The van der Waals surface area contributed by atoms with E-state index in [1.54, 1.807) is 0 Å². The van der Waals surface area contributed by atoms with E-state index in [0.29, 0.717) is 17.7 Å². The van der Waals surface area contributed by atoms with Crippen molar-refractivity contribution in [2.24, 2.45) is 5.41 Å². The topological polar surface area (TPSA) is 39.3 Å². The van der Waals surface area contributed by atoms with E-state index in [2.05, 4.69) is 16.5 Å². The van der Waals surface area contributed by atoms with Crippen molar-refractivity contribution in [1.82, 2.24) is 14.8 Å². The first-order valence-corrected chi connectivity index (χ1v) is 7.44. The number of nitrogens with zero attached hydrogens (tertiary/aromatic N) is 2. The zero-order chi connectivity index (χ0) is 14.0. The van der Waals surface area contributed by atoms with Crippen LogP contribution in [0, 0.1) is 5.41 Å². The summed E-state index contributed by atoms with van der Waals surface area (Å²) in [6.07, 6.45) is 6.54. The molecular formula is C16H23N3O. The lowest BCUT2D eigenvalue weighted by molar-refractivity contribution is -0.142. The highest BCUT2D eigenvalue weighted by atomic mass is 16.2. The molecule has 0 atom stereocenters. The largest absolute Gasteiger partial charge is 0.365 e. The molecule has 1 amide bonds. The van der Waals surface area contributed by atoms with E-state index >= 15 is 0 Å². The number of aryl methyl sites for hydroxylation is 1. The minimum absolute atomic E-state index is 0.299. The summed E-state index contributed by atoms with van der Waals surface area (Å²) >= 11 is 0. The Hall–Kier alpha value is -1.55. The maximum absolute atomic E-state index is 12.2. The van der Waals surface area contributed by atoms with Gasteiger partial charge in [-0.1, -0.05) is 6.08 Å². The van der Waals surface area contributed by atoms with E-state index in [0.717, 1.165) is 44.8 Å². The zero-order valence-electron chi connectivity index (χ0n) is 12.0. The lowest BCUT2D eigenvalue weighted by Crippen LogP contribution is -2.59. The highest BCUT2D eigenvalue weighted by Gasteiger charge is 2.48. The summed E-state index contributed by atoms with van der Waals surface area (Å²) in [6, 6.07) is 4.01. The molecule has 4 heteroatoms. The van der Waals surface area contributed by atoms with E-state index in [1.807, 2.05) is 29.3 Å². The summed E-state index contributed by atoms with van der Waals surface area (Å²) in [6.45, 7) is 8.94. The third kappa shape index (κ3) is 2.66. The van der Waals surface area contributed by atoms with Crippen molar-refractivity contribution in [3.8, 4) is 0 Å². The first kappa shape index (κ1) is 13.4. The van der Waals surface area contributed by atoms with Crippen LogP contribution in [0.5, 0.6) is 0 Å². The van der Waals surface area contributed by atoms with Crippen LogP contribution in [0.1, 0.15) is 18.5 Å². The normalized spacial score (nSPS) is 21.1. The molecule has 0 unspecified atom stereocenters. The molecule has 20 heavy (non-hydrogen) atoms. The minimum Gasteiger partial charge on any atom is -0.365 e. The Morgan fingerprint density at radius 1 is 1.45 bits per heavy atom. The molecule has 1 spiro atoms. The van der Waals surface area contributed by atoms with Crippen molar-refractivity contribution >= 4 is 5.91 Å². The lowest BCUT2D eigenvalue weighted by Gasteiger charge is -2.48. The van der Waals surface area contributed by atoms with Gasteiger partial charge in [-0.25, -0.2) is 0 Å². The summed E-state index contributed by atoms with van der Waals surface area (Å²) in [5, 5.41) is 0. The Morgan fingerprint density at radius 2 is 2.30 bits per heavy atom. The molecule has 2 aliphatic rings. The van der Waals surface area contributed by atoms with Gasteiger partial charge in [0.25, 0.3) is 0 Å². The van der Waals surface area contributed by atoms with E-state index in [9.17, 15) is 4.79 Å². The maximum Gasteiger partial charge on any atom is 0.222 e. The van der Waals surface area contributed by atoms with Crippen LogP contribution >= 0.6 is 0 Å². The second-order valence-corrected chi connectivity index (χ2v) is 6.22.